The Kier molecular flexibility index (Phi) is 8.78. The molecule has 0 unspecified atom stereocenters. The maximum absolute atomic E-state index is 13.2. The van der Waals surface area contributed by atoms with Crippen LogP contribution in [0.1, 0.15) is 39.7 Å². The molecule has 0 saturated carbocycles. The lowest BCUT2D eigenvalue weighted by molar-refractivity contribution is -0.140. The summed E-state index contributed by atoms with van der Waals surface area (Å²) in [5.41, 5.74) is 0.558. The van der Waals surface area contributed by atoms with Crippen LogP contribution in [-0.2, 0) is 16.1 Å². The highest BCUT2D eigenvalue weighted by molar-refractivity contribution is 8.00. The van der Waals surface area contributed by atoms with E-state index in [1.807, 2.05) is 82.3 Å². The van der Waals surface area contributed by atoms with E-state index in [9.17, 15) is 9.59 Å². The Hall–Kier alpha value is -2.47. The van der Waals surface area contributed by atoms with Gasteiger partial charge in [0.15, 0.2) is 0 Å². The molecule has 0 aliphatic rings. The minimum atomic E-state index is -0.542. The van der Waals surface area contributed by atoms with Gasteiger partial charge in [-0.1, -0.05) is 37.3 Å². The molecule has 0 bridgehead atoms. The highest BCUT2D eigenvalue weighted by Crippen LogP contribution is 2.21. The van der Waals surface area contributed by atoms with Gasteiger partial charge in [-0.2, -0.15) is 0 Å². The van der Waals surface area contributed by atoms with E-state index in [1.165, 1.54) is 11.8 Å². The molecule has 0 heterocycles. The second kappa shape index (κ2) is 11.1. The quantitative estimate of drug-likeness (QED) is 0.597. The van der Waals surface area contributed by atoms with Crippen molar-refractivity contribution in [3.8, 4) is 5.75 Å². The minimum absolute atomic E-state index is 0.0671. The molecule has 6 heteroatoms. The second-order valence-electron chi connectivity index (χ2n) is 8.14. The molecule has 0 fully saturated rings. The van der Waals surface area contributed by atoms with Gasteiger partial charge < -0.3 is 15.0 Å². The van der Waals surface area contributed by atoms with Crippen LogP contribution in [0.25, 0.3) is 0 Å². The van der Waals surface area contributed by atoms with Crippen molar-refractivity contribution in [3.63, 3.8) is 0 Å². The van der Waals surface area contributed by atoms with Crippen LogP contribution >= 0.6 is 11.8 Å². The zero-order valence-corrected chi connectivity index (χ0v) is 19.3. The van der Waals surface area contributed by atoms with Gasteiger partial charge in [-0.3, -0.25) is 9.59 Å². The molecule has 162 valence electrons. The van der Waals surface area contributed by atoms with Crippen molar-refractivity contribution < 1.29 is 14.3 Å². The maximum Gasteiger partial charge on any atom is 0.243 e. The van der Waals surface area contributed by atoms with Gasteiger partial charge >= 0.3 is 0 Å². The minimum Gasteiger partial charge on any atom is -0.497 e. The first-order valence-electron chi connectivity index (χ1n) is 10.2. The molecule has 2 aromatic rings. The highest BCUT2D eigenvalue weighted by Gasteiger charge is 2.30. The van der Waals surface area contributed by atoms with E-state index in [-0.39, 0.29) is 23.1 Å². The summed E-state index contributed by atoms with van der Waals surface area (Å²) in [5.74, 6) is 0.798. The maximum atomic E-state index is 13.2. The summed E-state index contributed by atoms with van der Waals surface area (Å²) in [5, 5.41) is 3.02. The summed E-state index contributed by atoms with van der Waals surface area (Å²) in [4.78, 5) is 28.9. The van der Waals surface area contributed by atoms with Crippen LogP contribution in [0.3, 0.4) is 0 Å². The molecule has 0 spiro atoms. The van der Waals surface area contributed by atoms with E-state index in [0.717, 1.165) is 16.2 Å². The van der Waals surface area contributed by atoms with Crippen LogP contribution in [-0.4, -0.2) is 41.2 Å². The molecule has 1 N–H and O–H groups in total. The van der Waals surface area contributed by atoms with Gasteiger partial charge in [0.25, 0.3) is 0 Å². The van der Waals surface area contributed by atoms with Crippen LogP contribution in [0.15, 0.2) is 59.5 Å². The molecule has 30 heavy (non-hydrogen) atoms. The fourth-order valence-electron chi connectivity index (χ4n) is 3.08. The van der Waals surface area contributed by atoms with Gasteiger partial charge in [0, 0.05) is 17.0 Å². The molecule has 1 atom stereocenters. The third-order valence-electron chi connectivity index (χ3n) is 4.48. The lowest BCUT2D eigenvalue weighted by Crippen LogP contribution is -2.53. The van der Waals surface area contributed by atoms with Gasteiger partial charge in [0.05, 0.1) is 12.9 Å². The zero-order valence-electron chi connectivity index (χ0n) is 18.5. The van der Waals surface area contributed by atoms with Gasteiger partial charge in [-0.05, 0) is 57.0 Å². The Morgan fingerprint density at radius 1 is 1.10 bits per heavy atom. The Morgan fingerprint density at radius 3 is 2.40 bits per heavy atom. The fraction of sp³-hybridized carbons (Fsp3) is 0.417. The van der Waals surface area contributed by atoms with Crippen LogP contribution in [0, 0.1) is 0 Å². The van der Waals surface area contributed by atoms with Crippen molar-refractivity contribution in [2.24, 2.45) is 0 Å². The van der Waals surface area contributed by atoms with Crippen LogP contribution in [0.5, 0.6) is 5.75 Å². The third-order valence-corrected chi connectivity index (χ3v) is 5.47. The van der Waals surface area contributed by atoms with Crippen molar-refractivity contribution in [3.05, 3.63) is 60.2 Å². The first-order valence-corrected chi connectivity index (χ1v) is 11.1. The van der Waals surface area contributed by atoms with E-state index in [2.05, 4.69) is 5.32 Å². The first kappa shape index (κ1) is 23.8. The molecule has 0 saturated heterocycles. The Morgan fingerprint density at radius 2 is 1.80 bits per heavy atom. The van der Waals surface area contributed by atoms with Crippen molar-refractivity contribution in [2.75, 3.05) is 12.9 Å². The predicted octanol–water partition coefficient (Wildman–Crippen LogP) is 4.51. The summed E-state index contributed by atoms with van der Waals surface area (Å²) in [6, 6.07) is 16.9. The molecular formula is C24H32N2O3S. The first-order chi connectivity index (χ1) is 14.2. The molecule has 0 aliphatic heterocycles. The average Bonchev–Trinajstić information content (AvgIpc) is 2.71. The zero-order chi connectivity index (χ0) is 22.1. The Balaban J connectivity index is 2.24. The summed E-state index contributed by atoms with van der Waals surface area (Å²) in [7, 11) is 1.62. The SMILES string of the molecule is CC[C@H](C(=O)NC(C)(C)C)N(Cc1cccc(OC)c1)C(=O)CSc1ccccc1. The predicted molar refractivity (Wildman–Crippen MR) is 123 cm³/mol. The lowest BCUT2D eigenvalue weighted by Gasteiger charge is -2.33. The van der Waals surface area contributed by atoms with Crippen LogP contribution < -0.4 is 10.1 Å². The normalized spacial score (nSPS) is 12.2. The number of rotatable bonds is 9. The number of ether oxygens (including phenoxy) is 1. The molecule has 2 amide bonds. The number of hydrogen-bond donors (Lipinski definition) is 1. The number of benzene rings is 2. The number of carbonyl (C=O) groups is 2. The van der Waals surface area contributed by atoms with E-state index in [1.54, 1.807) is 12.0 Å². The topological polar surface area (TPSA) is 58.6 Å². The fourth-order valence-corrected chi connectivity index (χ4v) is 3.89. The summed E-state index contributed by atoms with van der Waals surface area (Å²) < 4.78 is 5.32. The molecule has 0 aliphatic carbocycles. The van der Waals surface area contributed by atoms with Crippen molar-refractivity contribution in [1.29, 1.82) is 0 Å². The molecule has 0 radical (unpaired) electrons. The number of hydrogen-bond acceptors (Lipinski definition) is 4. The van der Waals surface area contributed by atoms with Crippen molar-refractivity contribution in [2.45, 2.75) is 57.1 Å². The Labute approximate surface area is 184 Å². The lowest BCUT2D eigenvalue weighted by atomic mass is 10.1. The van der Waals surface area contributed by atoms with Gasteiger partial charge in [0.2, 0.25) is 11.8 Å². The van der Waals surface area contributed by atoms with Gasteiger partial charge in [-0.15, -0.1) is 11.8 Å². The molecular weight excluding hydrogens is 396 g/mol. The number of nitrogens with one attached hydrogen (secondary N) is 1. The molecule has 2 rings (SSSR count). The Bertz CT molecular complexity index is 834. The summed E-state index contributed by atoms with van der Waals surface area (Å²) in [6.45, 7) is 8.11. The van der Waals surface area contributed by atoms with E-state index in [0.29, 0.717) is 13.0 Å². The smallest absolute Gasteiger partial charge is 0.243 e. The van der Waals surface area contributed by atoms with Gasteiger partial charge in [-0.25, -0.2) is 0 Å². The summed E-state index contributed by atoms with van der Waals surface area (Å²) in [6.07, 6.45) is 0.535. The molecule has 2 aromatic carbocycles. The number of nitrogens with zero attached hydrogens (tertiary/aromatic N) is 1. The van der Waals surface area contributed by atoms with Crippen molar-refractivity contribution in [1.82, 2.24) is 10.2 Å². The van der Waals surface area contributed by atoms with E-state index < -0.39 is 6.04 Å². The standard InChI is InChI=1S/C24H32N2O3S/c1-6-21(23(28)25-24(2,3)4)26(16-18-11-10-12-19(15-18)29-5)22(27)17-30-20-13-8-7-9-14-20/h7-15,21H,6,16-17H2,1-5H3,(H,25,28)/t21-/m1/s1. The van der Waals surface area contributed by atoms with Gasteiger partial charge in [0.1, 0.15) is 11.8 Å². The van der Waals surface area contributed by atoms with Crippen LogP contribution in [0.2, 0.25) is 0 Å². The highest BCUT2D eigenvalue weighted by atomic mass is 32.2. The number of thioether (sulfide) groups is 1. The summed E-state index contributed by atoms with van der Waals surface area (Å²) >= 11 is 1.48. The molecule has 0 aromatic heterocycles. The van der Waals surface area contributed by atoms with E-state index >= 15 is 0 Å². The number of methoxy groups -OCH3 is 1. The van der Waals surface area contributed by atoms with Crippen LogP contribution in [0.4, 0.5) is 0 Å². The number of amides is 2. The average molecular weight is 429 g/mol. The number of carbonyl (C=O) groups excluding carboxylic acids is 2. The second-order valence-corrected chi connectivity index (χ2v) is 9.19. The van der Waals surface area contributed by atoms with E-state index in [4.69, 9.17) is 4.74 Å². The largest absolute Gasteiger partial charge is 0.497 e. The van der Waals surface area contributed by atoms with Crippen molar-refractivity contribution >= 4 is 23.6 Å². The molecule has 5 nitrogen and oxygen atoms in total. The monoisotopic (exact) mass is 428 g/mol. The third kappa shape index (κ3) is 7.41.